The second-order valence-electron chi connectivity index (χ2n) is 6.55. The Morgan fingerprint density at radius 3 is 2.19 bits per heavy atom. The topological polar surface area (TPSA) is 99.4 Å². The minimum Gasteiger partial charge on any atom is -0.504 e. The Morgan fingerprint density at radius 2 is 1.54 bits per heavy atom. The number of aromatic hydroxyl groups is 4. The highest BCUT2D eigenvalue weighted by Crippen LogP contribution is 2.41. The number of hydrogen-bond donors (Lipinski definition) is 4. The summed E-state index contributed by atoms with van der Waals surface area (Å²) in [6.07, 6.45) is -0.455. The van der Waals surface area contributed by atoms with E-state index in [-0.39, 0.29) is 29.1 Å². The predicted octanol–water partition coefficient (Wildman–Crippen LogP) is 3.14. The molecule has 1 heterocycles. The van der Waals surface area contributed by atoms with Crippen LogP contribution in [0.2, 0.25) is 0 Å². The van der Waals surface area contributed by atoms with Gasteiger partial charge in [0.25, 0.3) is 0 Å². The van der Waals surface area contributed by atoms with Crippen molar-refractivity contribution in [3.05, 3.63) is 47.5 Å². The largest absolute Gasteiger partial charge is 0.504 e. The quantitative estimate of drug-likeness (QED) is 0.487. The molecule has 26 heavy (non-hydrogen) atoms. The van der Waals surface area contributed by atoms with Crippen molar-refractivity contribution in [1.29, 1.82) is 0 Å². The van der Waals surface area contributed by atoms with Crippen LogP contribution in [0.25, 0.3) is 0 Å². The lowest BCUT2D eigenvalue weighted by atomic mass is 10.0. The normalized spacial score (nSPS) is 21.2. The Bertz CT molecular complexity index is 878. The van der Waals surface area contributed by atoms with Crippen molar-refractivity contribution in [1.82, 2.24) is 0 Å². The molecule has 2 aromatic carbocycles. The van der Waals surface area contributed by atoms with Crippen LogP contribution in [-0.2, 0) is 9.47 Å². The summed E-state index contributed by atoms with van der Waals surface area (Å²) in [4.78, 5) is 0. The van der Waals surface area contributed by atoms with E-state index in [0.717, 1.165) is 0 Å². The van der Waals surface area contributed by atoms with E-state index in [9.17, 15) is 20.4 Å². The van der Waals surface area contributed by atoms with Crippen molar-refractivity contribution in [2.75, 3.05) is 0 Å². The van der Waals surface area contributed by atoms with Crippen LogP contribution in [-0.4, -0.2) is 32.3 Å². The van der Waals surface area contributed by atoms with Gasteiger partial charge in [0.15, 0.2) is 28.8 Å². The van der Waals surface area contributed by atoms with Crippen LogP contribution in [0, 0.1) is 11.8 Å². The zero-order valence-corrected chi connectivity index (χ0v) is 14.4. The average molecular weight is 356 g/mol. The minimum absolute atomic E-state index is 0.197. The molecule has 0 aromatic heterocycles. The first-order valence-corrected chi connectivity index (χ1v) is 8.13. The van der Waals surface area contributed by atoms with Gasteiger partial charge in [0, 0.05) is 12.0 Å². The van der Waals surface area contributed by atoms with Crippen molar-refractivity contribution in [2.24, 2.45) is 0 Å². The SMILES string of the molecule is CC1(C)O[C@H](c2ccc(O)c(O)c2)[C@@H](CC#Cc2ccc(O)c(O)c2)O1. The van der Waals surface area contributed by atoms with Crippen molar-refractivity contribution >= 4 is 0 Å². The fourth-order valence-electron chi connectivity index (χ4n) is 2.84. The highest BCUT2D eigenvalue weighted by Gasteiger charge is 2.41. The molecule has 0 unspecified atom stereocenters. The summed E-state index contributed by atoms with van der Waals surface area (Å²) in [5.74, 6) is 4.26. The summed E-state index contributed by atoms with van der Waals surface area (Å²) in [5, 5.41) is 38.1. The Balaban J connectivity index is 1.79. The zero-order valence-electron chi connectivity index (χ0n) is 14.4. The molecule has 0 bridgehead atoms. The molecule has 0 amide bonds. The van der Waals surface area contributed by atoms with Crippen LogP contribution in [0.1, 0.15) is 37.5 Å². The molecular formula is C20H20O6. The van der Waals surface area contributed by atoms with E-state index >= 15 is 0 Å². The summed E-state index contributed by atoms with van der Waals surface area (Å²) in [6.45, 7) is 3.59. The molecule has 4 N–H and O–H groups in total. The van der Waals surface area contributed by atoms with E-state index in [0.29, 0.717) is 17.5 Å². The van der Waals surface area contributed by atoms with E-state index in [1.54, 1.807) is 26.0 Å². The molecule has 0 radical (unpaired) electrons. The molecule has 6 nitrogen and oxygen atoms in total. The number of rotatable bonds is 2. The maximum absolute atomic E-state index is 9.73. The third-order valence-corrected chi connectivity index (χ3v) is 4.02. The number of phenols is 4. The number of benzene rings is 2. The van der Waals surface area contributed by atoms with E-state index in [4.69, 9.17) is 9.47 Å². The minimum atomic E-state index is -0.804. The van der Waals surface area contributed by atoms with Gasteiger partial charge in [-0.2, -0.15) is 0 Å². The average Bonchev–Trinajstić information content (AvgIpc) is 2.88. The van der Waals surface area contributed by atoms with Crippen LogP contribution in [0.5, 0.6) is 23.0 Å². The van der Waals surface area contributed by atoms with Gasteiger partial charge >= 0.3 is 0 Å². The zero-order chi connectivity index (χ0) is 18.9. The molecular weight excluding hydrogens is 336 g/mol. The van der Waals surface area contributed by atoms with Crippen LogP contribution < -0.4 is 0 Å². The fourth-order valence-corrected chi connectivity index (χ4v) is 2.84. The molecule has 1 aliphatic rings. The molecule has 1 aliphatic heterocycles. The summed E-state index contributed by atoms with van der Waals surface area (Å²) in [5.41, 5.74) is 1.25. The second-order valence-corrected chi connectivity index (χ2v) is 6.55. The molecule has 0 spiro atoms. The molecule has 1 fully saturated rings. The maximum atomic E-state index is 9.73. The van der Waals surface area contributed by atoms with Crippen molar-refractivity contribution in [3.63, 3.8) is 0 Å². The maximum Gasteiger partial charge on any atom is 0.164 e. The molecule has 2 atom stereocenters. The summed E-state index contributed by atoms with van der Waals surface area (Å²) in [7, 11) is 0. The first-order valence-electron chi connectivity index (χ1n) is 8.13. The van der Waals surface area contributed by atoms with Gasteiger partial charge in [-0.05, 0) is 49.7 Å². The highest BCUT2D eigenvalue weighted by molar-refractivity contribution is 5.47. The first kappa shape index (κ1) is 17.9. The first-order chi connectivity index (χ1) is 12.2. The Labute approximate surface area is 151 Å². The lowest BCUT2D eigenvalue weighted by Gasteiger charge is -2.17. The van der Waals surface area contributed by atoms with Crippen molar-refractivity contribution in [3.8, 4) is 34.8 Å². The third-order valence-electron chi connectivity index (χ3n) is 4.02. The molecule has 136 valence electrons. The lowest BCUT2D eigenvalue weighted by molar-refractivity contribution is -0.146. The summed E-state index contributed by atoms with van der Waals surface area (Å²) in [6, 6.07) is 8.88. The van der Waals surface area contributed by atoms with E-state index in [1.807, 2.05) is 0 Å². The van der Waals surface area contributed by atoms with Gasteiger partial charge in [0.05, 0.1) is 0 Å². The van der Waals surface area contributed by atoms with Gasteiger partial charge in [-0.1, -0.05) is 17.9 Å². The van der Waals surface area contributed by atoms with Crippen LogP contribution in [0.3, 0.4) is 0 Å². The molecule has 6 heteroatoms. The van der Waals surface area contributed by atoms with Crippen LogP contribution in [0.4, 0.5) is 0 Å². The van der Waals surface area contributed by atoms with Crippen molar-refractivity contribution in [2.45, 2.75) is 38.3 Å². The van der Waals surface area contributed by atoms with Gasteiger partial charge in [0.1, 0.15) is 12.2 Å². The molecule has 1 saturated heterocycles. The van der Waals surface area contributed by atoms with E-state index in [1.165, 1.54) is 24.3 Å². The number of phenolic OH excluding ortho intramolecular Hbond substituents is 4. The van der Waals surface area contributed by atoms with Gasteiger partial charge < -0.3 is 29.9 Å². The monoisotopic (exact) mass is 356 g/mol. The number of ether oxygens (including phenoxy) is 2. The Kier molecular flexibility index (Phi) is 4.68. The van der Waals surface area contributed by atoms with Gasteiger partial charge in [0.2, 0.25) is 0 Å². The Morgan fingerprint density at radius 1 is 0.885 bits per heavy atom. The van der Waals surface area contributed by atoms with Crippen LogP contribution >= 0.6 is 0 Å². The van der Waals surface area contributed by atoms with E-state index < -0.39 is 11.9 Å². The van der Waals surface area contributed by atoms with Crippen molar-refractivity contribution < 1.29 is 29.9 Å². The number of hydrogen-bond acceptors (Lipinski definition) is 6. The highest BCUT2D eigenvalue weighted by atomic mass is 16.7. The van der Waals surface area contributed by atoms with Gasteiger partial charge in [-0.15, -0.1) is 0 Å². The fraction of sp³-hybridized carbons (Fsp3) is 0.300. The summed E-state index contributed by atoms with van der Waals surface area (Å²) < 4.78 is 11.8. The summed E-state index contributed by atoms with van der Waals surface area (Å²) >= 11 is 0. The molecule has 0 aliphatic carbocycles. The molecule has 3 rings (SSSR count). The smallest absolute Gasteiger partial charge is 0.164 e. The van der Waals surface area contributed by atoms with Crippen LogP contribution in [0.15, 0.2) is 36.4 Å². The van der Waals surface area contributed by atoms with Gasteiger partial charge in [-0.3, -0.25) is 0 Å². The molecule has 2 aromatic rings. The van der Waals surface area contributed by atoms with E-state index in [2.05, 4.69) is 11.8 Å². The molecule has 0 saturated carbocycles. The second kappa shape index (κ2) is 6.79. The predicted molar refractivity (Wildman–Crippen MR) is 93.8 cm³/mol. The lowest BCUT2D eigenvalue weighted by Crippen LogP contribution is -2.21. The standard InChI is InChI=1S/C20H20O6/c1-20(2)25-18(5-3-4-12-6-8-14(21)16(23)10-12)19(26-20)13-7-9-15(22)17(24)11-13/h6-11,18-19,21-24H,5H2,1-2H3/t18-,19-/m1/s1. The van der Waals surface area contributed by atoms with Gasteiger partial charge in [-0.25, -0.2) is 0 Å². The Hall–Kier alpha value is -2.88. The third kappa shape index (κ3) is 3.85.